The van der Waals surface area contributed by atoms with E-state index in [1.165, 1.54) is 16.7 Å². The Bertz CT molecular complexity index is 458. The van der Waals surface area contributed by atoms with Gasteiger partial charge in [0.1, 0.15) is 0 Å². The zero-order chi connectivity index (χ0) is 15.2. The SMILES string of the molecule is CSCC(C)(O)CNC(=O)CCc1ccc(C)cc1C. The second-order valence-electron chi connectivity index (χ2n) is 5.64. The van der Waals surface area contributed by atoms with Gasteiger partial charge in [-0.25, -0.2) is 0 Å². The molecule has 1 rings (SSSR count). The first-order valence-electron chi connectivity index (χ1n) is 6.88. The molecule has 4 heteroatoms. The number of hydrogen-bond acceptors (Lipinski definition) is 3. The molecular weight excluding hydrogens is 270 g/mol. The number of aryl methyl sites for hydroxylation is 3. The third kappa shape index (κ3) is 5.97. The van der Waals surface area contributed by atoms with Gasteiger partial charge < -0.3 is 10.4 Å². The first-order chi connectivity index (χ1) is 9.34. The lowest BCUT2D eigenvalue weighted by Crippen LogP contribution is -2.42. The maximum atomic E-state index is 11.8. The van der Waals surface area contributed by atoms with Crippen LogP contribution in [0.2, 0.25) is 0 Å². The van der Waals surface area contributed by atoms with Crippen LogP contribution < -0.4 is 5.32 Å². The molecule has 0 spiro atoms. The highest BCUT2D eigenvalue weighted by Gasteiger charge is 2.20. The maximum Gasteiger partial charge on any atom is 0.220 e. The Balaban J connectivity index is 2.40. The summed E-state index contributed by atoms with van der Waals surface area (Å²) in [4.78, 5) is 11.8. The smallest absolute Gasteiger partial charge is 0.220 e. The first-order valence-corrected chi connectivity index (χ1v) is 8.27. The van der Waals surface area contributed by atoms with Gasteiger partial charge in [0.25, 0.3) is 0 Å². The lowest BCUT2D eigenvalue weighted by molar-refractivity contribution is -0.122. The Morgan fingerprint density at radius 3 is 2.70 bits per heavy atom. The molecule has 0 aromatic heterocycles. The summed E-state index contributed by atoms with van der Waals surface area (Å²) in [6.07, 6.45) is 3.14. The lowest BCUT2D eigenvalue weighted by Gasteiger charge is -2.22. The molecule has 1 aromatic rings. The fraction of sp³-hybridized carbons (Fsp3) is 0.562. The van der Waals surface area contributed by atoms with Crippen molar-refractivity contribution in [3.8, 4) is 0 Å². The van der Waals surface area contributed by atoms with Gasteiger partial charge in [-0.3, -0.25) is 4.79 Å². The molecular formula is C16H25NO2S. The van der Waals surface area contributed by atoms with Gasteiger partial charge in [-0.2, -0.15) is 11.8 Å². The number of thioether (sulfide) groups is 1. The van der Waals surface area contributed by atoms with Gasteiger partial charge in [-0.15, -0.1) is 0 Å². The number of carbonyl (C=O) groups excluding carboxylic acids is 1. The van der Waals surface area contributed by atoms with E-state index in [2.05, 4.69) is 37.4 Å². The van der Waals surface area contributed by atoms with Crippen molar-refractivity contribution in [1.82, 2.24) is 5.32 Å². The summed E-state index contributed by atoms with van der Waals surface area (Å²) in [7, 11) is 0. The number of benzene rings is 1. The van der Waals surface area contributed by atoms with Crippen molar-refractivity contribution < 1.29 is 9.90 Å². The maximum absolute atomic E-state index is 11.8. The fourth-order valence-electron chi connectivity index (χ4n) is 2.11. The van der Waals surface area contributed by atoms with Crippen molar-refractivity contribution in [2.75, 3.05) is 18.6 Å². The van der Waals surface area contributed by atoms with E-state index in [1.807, 2.05) is 6.26 Å². The fourth-order valence-corrected chi connectivity index (χ4v) is 2.84. The Hall–Kier alpha value is -1.00. The molecule has 0 fully saturated rings. The van der Waals surface area contributed by atoms with Gasteiger partial charge in [0.15, 0.2) is 0 Å². The Morgan fingerprint density at radius 2 is 2.10 bits per heavy atom. The monoisotopic (exact) mass is 295 g/mol. The van der Waals surface area contributed by atoms with Gasteiger partial charge in [0.05, 0.1) is 5.60 Å². The number of aliphatic hydroxyl groups is 1. The van der Waals surface area contributed by atoms with Gasteiger partial charge in [-0.05, 0) is 44.6 Å². The van der Waals surface area contributed by atoms with Crippen LogP contribution in [-0.4, -0.2) is 35.2 Å². The zero-order valence-corrected chi connectivity index (χ0v) is 13.6. The Morgan fingerprint density at radius 1 is 1.40 bits per heavy atom. The molecule has 1 atom stereocenters. The van der Waals surface area contributed by atoms with Crippen LogP contribution in [0.5, 0.6) is 0 Å². The summed E-state index contributed by atoms with van der Waals surface area (Å²) in [5.41, 5.74) is 2.84. The molecule has 112 valence electrons. The molecule has 1 unspecified atom stereocenters. The van der Waals surface area contributed by atoms with E-state index < -0.39 is 5.60 Å². The van der Waals surface area contributed by atoms with E-state index >= 15 is 0 Å². The highest BCUT2D eigenvalue weighted by Crippen LogP contribution is 2.13. The molecule has 2 N–H and O–H groups in total. The zero-order valence-electron chi connectivity index (χ0n) is 12.8. The molecule has 1 aromatic carbocycles. The number of carbonyl (C=O) groups is 1. The summed E-state index contributed by atoms with van der Waals surface area (Å²) >= 11 is 1.57. The van der Waals surface area contributed by atoms with Crippen molar-refractivity contribution >= 4 is 17.7 Å². The van der Waals surface area contributed by atoms with Crippen LogP contribution in [-0.2, 0) is 11.2 Å². The highest BCUT2D eigenvalue weighted by molar-refractivity contribution is 7.98. The van der Waals surface area contributed by atoms with E-state index in [4.69, 9.17) is 0 Å². The number of nitrogens with one attached hydrogen (secondary N) is 1. The second kappa shape index (κ2) is 7.70. The second-order valence-corrected chi connectivity index (χ2v) is 6.50. The van der Waals surface area contributed by atoms with Gasteiger partial charge in [0, 0.05) is 18.7 Å². The molecule has 20 heavy (non-hydrogen) atoms. The van der Waals surface area contributed by atoms with E-state index in [0.717, 1.165) is 6.42 Å². The molecule has 3 nitrogen and oxygen atoms in total. The topological polar surface area (TPSA) is 49.3 Å². The predicted octanol–water partition coefficient (Wildman–Crippen LogP) is 2.47. The van der Waals surface area contributed by atoms with Crippen molar-refractivity contribution in [2.24, 2.45) is 0 Å². The number of hydrogen-bond donors (Lipinski definition) is 2. The van der Waals surface area contributed by atoms with Crippen LogP contribution in [0, 0.1) is 13.8 Å². The quantitative estimate of drug-likeness (QED) is 0.812. The number of rotatable bonds is 7. The average Bonchev–Trinajstić information content (AvgIpc) is 2.35. The minimum Gasteiger partial charge on any atom is -0.387 e. The average molecular weight is 295 g/mol. The molecule has 0 aliphatic carbocycles. The molecule has 0 aliphatic rings. The third-order valence-corrected chi connectivity index (χ3v) is 4.15. The minimum atomic E-state index is -0.838. The Kier molecular flexibility index (Phi) is 6.56. The van der Waals surface area contributed by atoms with Crippen molar-refractivity contribution in [2.45, 2.75) is 39.2 Å². The van der Waals surface area contributed by atoms with Gasteiger partial charge in [0.2, 0.25) is 5.91 Å². The van der Waals surface area contributed by atoms with Gasteiger partial charge >= 0.3 is 0 Å². The van der Waals surface area contributed by atoms with Crippen molar-refractivity contribution in [3.63, 3.8) is 0 Å². The molecule has 0 heterocycles. The summed E-state index contributed by atoms with van der Waals surface area (Å²) in [6, 6.07) is 6.29. The van der Waals surface area contributed by atoms with E-state index in [1.54, 1.807) is 18.7 Å². The van der Waals surface area contributed by atoms with Crippen LogP contribution >= 0.6 is 11.8 Å². The van der Waals surface area contributed by atoms with Crippen molar-refractivity contribution in [3.05, 3.63) is 34.9 Å². The summed E-state index contributed by atoms with van der Waals surface area (Å²) in [6.45, 7) is 6.19. The minimum absolute atomic E-state index is 0.00801. The summed E-state index contributed by atoms with van der Waals surface area (Å²) in [5, 5.41) is 12.8. The standard InChI is InChI=1S/C16H25NO2S/c1-12-5-6-14(13(2)9-12)7-8-15(18)17-10-16(3,19)11-20-4/h5-6,9,19H,7-8,10-11H2,1-4H3,(H,17,18). The van der Waals surface area contributed by atoms with Gasteiger partial charge in [-0.1, -0.05) is 23.8 Å². The summed E-state index contributed by atoms with van der Waals surface area (Å²) < 4.78 is 0. The number of amides is 1. The third-order valence-electron chi connectivity index (χ3n) is 3.24. The predicted molar refractivity (Wildman–Crippen MR) is 86.3 cm³/mol. The first kappa shape index (κ1) is 17.1. The van der Waals surface area contributed by atoms with Crippen LogP contribution in [0.4, 0.5) is 0 Å². The molecule has 0 saturated heterocycles. The van der Waals surface area contributed by atoms with E-state index in [0.29, 0.717) is 18.7 Å². The molecule has 0 saturated carbocycles. The Labute approximate surface area is 126 Å². The largest absolute Gasteiger partial charge is 0.387 e. The highest BCUT2D eigenvalue weighted by atomic mass is 32.2. The van der Waals surface area contributed by atoms with E-state index in [-0.39, 0.29) is 5.91 Å². The van der Waals surface area contributed by atoms with Crippen LogP contribution in [0.15, 0.2) is 18.2 Å². The van der Waals surface area contributed by atoms with Crippen LogP contribution in [0.3, 0.4) is 0 Å². The molecule has 0 radical (unpaired) electrons. The molecule has 1 amide bonds. The molecule has 0 aliphatic heterocycles. The van der Waals surface area contributed by atoms with Crippen LogP contribution in [0.25, 0.3) is 0 Å². The lowest BCUT2D eigenvalue weighted by atomic mass is 10.0. The summed E-state index contributed by atoms with van der Waals surface area (Å²) in [5.74, 6) is 0.607. The molecule has 0 bridgehead atoms. The van der Waals surface area contributed by atoms with Crippen molar-refractivity contribution in [1.29, 1.82) is 0 Å². The normalized spacial score (nSPS) is 13.8. The van der Waals surface area contributed by atoms with Crippen LogP contribution in [0.1, 0.15) is 30.0 Å². The van der Waals surface area contributed by atoms with E-state index in [9.17, 15) is 9.90 Å².